The molecule has 728 valence electrons. The lowest BCUT2D eigenvalue weighted by molar-refractivity contribution is -0.160. The number of hydrogen-bond acceptors (Lipinski definition) is 33. The Labute approximate surface area is 803 Å². The Morgan fingerprint density at radius 1 is 0.489 bits per heavy atom. The summed E-state index contributed by atoms with van der Waals surface area (Å²) in [5, 5.41) is 13.3. The molecule has 0 unspecified atom stereocenters. The topological polar surface area (TPSA) is 437 Å². The lowest BCUT2D eigenvalue weighted by Crippen LogP contribution is -2.48. The quantitative estimate of drug-likeness (QED) is 0.0245. The minimum atomic E-state index is -0.892. The normalized spacial score (nSPS) is 21.0. The number of aliphatic hydroxyl groups is 1. The SMILES string of the molecule is C.C=CCCC[C@@H]1[C@H]2C[C@H]2C[C@H]1OC(=O)C[C@H](C(=O)N1C[C@H](Oc2nc3cc(OC)ccc3nc2Cl)C[C@H]1C(=O)OC)C(C)(C)C.CN.COC(=O)[C@@H]1C[C@@H](O)CN1C(=O)OC(C)(C)C.COC(=O)[C@@H]1C[C@@H](Oc2nc3cc(OC)ccc3nc2Cl)CN1.COC(=O)[C@@H]1C[C@@H](Oc2nc3cc(OC)ccc3nc2Cl)CN1C(=O)OC(C)(C)C.COc1ccc2nc(Cl)c(Cl)nc2c1.Cl. The van der Waals surface area contributed by atoms with Gasteiger partial charge in [0, 0.05) is 56.5 Å². The number of allylic oxidation sites excluding steroid dienone is 1. The Morgan fingerprint density at radius 3 is 1.25 bits per heavy atom. The van der Waals surface area contributed by atoms with Gasteiger partial charge in [0.2, 0.25) is 5.91 Å². The van der Waals surface area contributed by atoms with Crippen LogP contribution in [0.4, 0.5) is 9.59 Å². The molecule has 3 amide bonds. The van der Waals surface area contributed by atoms with Crippen molar-refractivity contribution >= 4 is 162 Å². The van der Waals surface area contributed by atoms with Crippen LogP contribution in [0, 0.1) is 29.1 Å². The second-order valence-electron chi connectivity index (χ2n) is 34.3. The Balaban J connectivity index is 0.000000239. The Bertz CT molecular complexity index is 5380. The fourth-order valence-electron chi connectivity index (χ4n) is 15.4. The van der Waals surface area contributed by atoms with E-state index in [9.17, 15) is 43.5 Å². The molecule has 13 atom stereocenters. The second kappa shape index (κ2) is 49.2. The third-order valence-electron chi connectivity index (χ3n) is 21.8. The third-order valence-corrected chi connectivity index (χ3v) is 23.2. The number of nitrogens with two attached hydrogens (primary N) is 1. The minimum Gasteiger partial charge on any atom is -0.497 e. The van der Waals surface area contributed by atoms with Crippen molar-refractivity contribution in [1.29, 1.82) is 0 Å². The smallest absolute Gasteiger partial charge is 0.411 e. The maximum atomic E-state index is 14.2. The van der Waals surface area contributed by atoms with Gasteiger partial charge in [0.15, 0.2) is 25.8 Å². The van der Waals surface area contributed by atoms with Crippen molar-refractivity contribution in [2.75, 3.05) is 90.1 Å². The molecule has 0 spiro atoms. The van der Waals surface area contributed by atoms with Gasteiger partial charge in [-0.05, 0) is 152 Å². The predicted octanol–water partition coefficient (Wildman–Crippen LogP) is 14.7. The number of halogens is 6. The van der Waals surface area contributed by atoms with Crippen molar-refractivity contribution in [1.82, 2.24) is 59.9 Å². The van der Waals surface area contributed by atoms with Crippen LogP contribution in [0.1, 0.15) is 134 Å². The molecule has 0 radical (unpaired) electrons. The average Bonchev–Trinajstić information content (AvgIpc) is 1.60. The molecular formula is C91H119Cl6N13O23. The van der Waals surface area contributed by atoms with Crippen LogP contribution in [-0.2, 0) is 61.9 Å². The van der Waals surface area contributed by atoms with Gasteiger partial charge in [0.25, 0.3) is 17.6 Å². The van der Waals surface area contributed by atoms with Crippen LogP contribution in [-0.4, -0.2) is 264 Å². The number of amides is 3. The number of unbranched alkanes of at least 4 members (excludes halogenated alkanes) is 1. The molecule has 4 saturated heterocycles. The van der Waals surface area contributed by atoms with E-state index >= 15 is 0 Å². The van der Waals surface area contributed by atoms with E-state index in [1.54, 1.807) is 143 Å². The molecule has 2 saturated carbocycles. The fraction of sp³-hybridized carbons (Fsp3) is 0.538. The first kappa shape index (κ1) is 110. The number of nitrogens with zero attached hydrogens (tertiary/aromatic N) is 11. The van der Waals surface area contributed by atoms with Crippen LogP contribution < -0.4 is 44.2 Å². The summed E-state index contributed by atoms with van der Waals surface area (Å²) >= 11 is 30.3. The van der Waals surface area contributed by atoms with Gasteiger partial charge in [0.05, 0.1) is 139 Å². The molecule has 42 heteroatoms. The number of ether oxygens (including phenoxy) is 14. The van der Waals surface area contributed by atoms with Gasteiger partial charge >= 0.3 is 42.0 Å². The largest absolute Gasteiger partial charge is 0.497 e. The number of benzene rings is 4. The maximum Gasteiger partial charge on any atom is 0.411 e. The summed E-state index contributed by atoms with van der Waals surface area (Å²) in [7, 11) is 12.9. The maximum absolute atomic E-state index is 14.2. The van der Waals surface area contributed by atoms with Gasteiger partial charge in [0.1, 0.15) is 82.8 Å². The molecule has 8 heterocycles. The summed E-state index contributed by atoms with van der Waals surface area (Å²) in [6.45, 7) is 20.9. The van der Waals surface area contributed by atoms with E-state index in [2.05, 4.69) is 62.2 Å². The van der Waals surface area contributed by atoms with Crippen LogP contribution >= 0.6 is 70.4 Å². The van der Waals surface area contributed by atoms with Gasteiger partial charge in [-0.3, -0.25) is 24.2 Å². The van der Waals surface area contributed by atoms with E-state index in [0.29, 0.717) is 97.9 Å². The van der Waals surface area contributed by atoms with E-state index in [0.717, 1.165) is 25.7 Å². The van der Waals surface area contributed by atoms with Crippen molar-refractivity contribution in [3.8, 4) is 40.6 Å². The first-order valence-corrected chi connectivity index (χ1v) is 44.1. The number of esters is 5. The van der Waals surface area contributed by atoms with Crippen LogP contribution in [0.15, 0.2) is 85.5 Å². The summed E-state index contributed by atoms with van der Waals surface area (Å²) in [6, 6.07) is 18.2. The number of aliphatic hydroxyl groups excluding tert-OH is 1. The molecule has 4 aromatic heterocycles. The molecule has 8 aromatic rings. The summed E-state index contributed by atoms with van der Waals surface area (Å²) in [5.74, 6) is 1.33. The zero-order valence-corrected chi connectivity index (χ0v) is 81.4. The van der Waals surface area contributed by atoms with Crippen LogP contribution in [0.5, 0.6) is 40.6 Å². The lowest BCUT2D eigenvalue weighted by atomic mass is 9.77. The van der Waals surface area contributed by atoms with Gasteiger partial charge < -0.3 is 87.4 Å². The highest BCUT2D eigenvalue weighted by Gasteiger charge is 2.55. The number of fused-ring (bicyclic) bond motifs is 5. The molecule has 4 aromatic carbocycles. The Hall–Kier alpha value is -10.4. The van der Waals surface area contributed by atoms with Crippen LogP contribution in [0.3, 0.4) is 0 Å². The molecule has 4 aliphatic heterocycles. The number of carbonyl (C=O) groups is 8. The number of aromatic nitrogens is 8. The third kappa shape index (κ3) is 29.8. The van der Waals surface area contributed by atoms with Crippen LogP contribution in [0.25, 0.3) is 44.1 Å². The van der Waals surface area contributed by atoms with Crippen molar-refractivity contribution in [3.63, 3.8) is 0 Å². The molecular weight excluding hydrogens is 1860 g/mol. The fourth-order valence-corrected chi connectivity index (χ4v) is 16.2. The van der Waals surface area contributed by atoms with E-state index in [-0.39, 0.29) is 145 Å². The Morgan fingerprint density at radius 2 is 0.857 bits per heavy atom. The highest BCUT2D eigenvalue weighted by Crippen LogP contribution is 2.58. The number of methoxy groups -OCH3 is 8. The molecule has 4 N–H and O–H groups in total. The zero-order chi connectivity index (χ0) is 96.3. The summed E-state index contributed by atoms with van der Waals surface area (Å²) in [6.07, 6.45) is 4.58. The highest BCUT2D eigenvalue weighted by atomic mass is 35.5. The van der Waals surface area contributed by atoms with Gasteiger partial charge in [-0.15, -0.1) is 19.0 Å². The van der Waals surface area contributed by atoms with E-state index in [1.165, 1.54) is 56.6 Å². The minimum absolute atomic E-state index is 0. The standard InChI is InChI=1S/C34H44ClN3O7.C20H24ClN3O6.C15H16ClN3O4.C11H19NO5.C9H6Cl2N2O.CH5N.CH4.ClH/c1-7-8-9-10-22-23-13-19(23)14-28(22)45-29(39)17-24(34(2,3)4)32(40)38-18-21(16-27(38)33(41)43-6)44-31-30(35)36-25-12-11-20(42-5)15-26(25)37-31;1-20(2,3)30-19(26)24-10-12(9-15(24)18(25)28-5)29-17-16(21)22-13-7-6-11(27-4)8-14(13)23-17;1-21-8-3-4-10-11(5-8)19-14(13(16)18-10)23-9-6-12(17-7-9)15(20)22-2;1-11(2,3)17-10(15)12-6-7(13)5-8(12)9(14)16-4;1-14-5-2-3-6-7(4-5)13-9(11)8(10)12-6;1-2;;/h7,11-12,15,19,21-24,27-28H,1,8-10,13-14,16-18H2,2-6H3;6-8,12,15H,9-10H2,1-5H3;3-5,9,12,17H,6-7H2,1-2H3;7-8,13H,5-6H2,1-4H3;2-4H,1H3;2H2,1H3;1H4;1H/t19-,21+,22+,23-,24+,27-,28+;12-,15+;9-,12+;7-,8+;;;;/m0111..../s1. The summed E-state index contributed by atoms with van der Waals surface area (Å²) in [5.41, 5.74) is 7.44. The molecule has 14 rings (SSSR count). The molecule has 6 aliphatic rings. The summed E-state index contributed by atoms with van der Waals surface area (Å²) < 4.78 is 74.4. The average molecular weight is 1980 g/mol. The number of rotatable bonds is 22. The van der Waals surface area contributed by atoms with Gasteiger partial charge in [-0.25, -0.2) is 63.8 Å². The monoisotopic (exact) mass is 1970 g/mol. The Kier molecular flexibility index (Phi) is 40.5. The van der Waals surface area contributed by atoms with Crippen LogP contribution in [0.2, 0.25) is 25.8 Å². The number of likely N-dealkylation sites (tertiary alicyclic amines) is 3. The first-order valence-electron chi connectivity index (χ1n) is 42.2. The molecule has 2 aliphatic carbocycles. The van der Waals surface area contributed by atoms with E-state index in [4.69, 9.17) is 120 Å². The highest BCUT2D eigenvalue weighted by molar-refractivity contribution is 6.40. The van der Waals surface area contributed by atoms with Crippen molar-refractivity contribution in [2.45, 2.75) is 200 Å². The molecule has 133 heavy (non-hydrogen) atoms. The van der Waals surface area contributed by atoms with Gasteiger partial charge in [-0.2, -0.15) is 0 Å². The van der Waals surface area contributed by atoms with Crippen molar-refractivity contribution in [2.24, 2.45) is 34.8 Å². The second-order valence-corrected chi connectivity index (χ2v) is 36.1. The van der Waals surface area contributed by atoms with Gasteiger partial charge in [-0.1, -0.05) is 92.3 Å². The number of hydrogen-bond donors (Lipinski definition) is 3. The van der Waals surface area contributed by atoms with Crippen molar-refractivity contribution in [3.05, 3.63) is 111 Å². The zero-order valence-electron chi connectivity index (χ0n) is 76.8. The molecule has 0 bridgehead atoms. The van der Waals surface area contributed by atoms with Crippen molar-refractivity contribution < 1.29 is 110 Å². The number of β-amino-alcohol motifs (C(OH)–C–C–N with tert-alkyl or cyclic N) is 1. The predicted molar refractivity (Wildman–Crippen MR) is 501 cm³/mol. The number of nitrogens with one attached hydrogen (secondary N) is 1. The number of carbonyl (C=O) groups excluding carboxylic acids is 8. The van der Waals surface area contributed by atoms with E-state index in [1.807, 2.05) is 26.8 Å². The first-order chi connectivity index (χ1) is 62.1. The lowest BCUT2D eigenvalue weighted by Gasteiger charge is -2.34. The van der Waals surface area contributed by atoms with E-state index < -0.39 is 89.1 Å². The molecule has 36 nitrogen and oxygen atoms in total. The summed E-state index contributed by atoms with van der Waals surface area (Å²) in [4.78, 5) is 138. The molecule has 6 fully saturated rings.